The molecule has 0 aliphatic rings. The normalized spacial score (nSPS) is 10.9. The van der Waals surface area contributed by atoms with Gasteiger partial charge in [-0.1, -0.05) is 0 Å². The van der Waals surface area contributed by atoms with Gasteiger partial charge in [-0.05, 0) is 6.92 Å². The Labute approximate surface area is 82.7 Å². The molecule has 0 aliphatic heterocycles. The summed E-state index contributed by atoms with van der Waals surface area (Å²) < 4.78 is 1.43. The summed E-state index contributed by atoms with van der Waals surface area (Å²) in [6.07, 6.45) is 3.14. The van der Waals surface area contributed by atoms with Crippen molar-refractivity contribution in [1.29, 1.82) is 0 Å². The Bertz CT molecular complexity index is 406. The number of aryl methyl sites for hydroxylation is 1. The summed E-state index contributed by atoms with van der Waals surface area (Å²) in [6, 6.07) is 0. The highest BCUT2D eigenvalue weighted by Crippen LogP contribution is 2.01. The molecule has 1 heterocycles. The topological polar surface area (TPSA) is 50.5 Å². The number of rotatable bonds is 2. The average Bonchev–Trinajstić information content (AvgIpc) is 2.13. The first-order valence-corrected chi connectivity index (χ1v) is 4.25. The zero-order valence-electron chi connectivity index (χ0n) is 8.85. The van der Waals surface area contributed by atoms with E-state index in [0.29, 0.717) is 11.5 Å². The second kappa shape index (κ2) is 4.04. The summed E-state index contributed by atoms with van der Waals surface area (Å²) in [5.74, 6) is 0.411. The molecule has 5 nitrogen and oxygen atoms in total. The van der Waals surface area contributed by atoms with Crippen molar-refractivity contribution in [2.75, 3.05) is 14.1 Å². The molecule has 76 valence electrons. The van der Waals surface area contributed by atoms with Crippen LogP contribution in [0.3, 0.4) is 0 Å². The third-order valence-electron chi connectivity index (χ3n) is 1.72. The molecule has 0 spiro atoms. The Kier molecular flexibility index (Phi) is 3.01. The Morgan fingerprint density at radius 3 is 2.79 bits per heavy atom. The fourth-order valence-corrected chi connectivity index (χ4v) is 0.939. The number of aliphatic imine (C=N–C) groups is 1. The lowest BCUT2D eigenvalue weighted by atomic mass is 10.4. The zero-order valence-corrected chi connectivity index (χ0v) is 8.85. The molecule has 0 saturated carbocycles. The van der Waals surface area contributed by atoms with Crippen LogP contribution >= 0.6 is 0 Å². The van der Waals surface area contributed by atoms with Crippen molar-refractivity contribution in [2.45, 2.75) is 6.92 Å². The van der Waals surface area contributed by atoms with E-state index in [1.165, 1.54) is 10.8 Å². The van der Waals surface area contributed by atoms with Gasteiger partial charge in [-0.3, -0.25) is 9.36 Å². The summed E-state index contributed by atoms with van der Waals surface area (Å²) in [5, 5.41) is 0. The van der Waals surface area contributed by atoms with Crippen molar-refractivity contribution in [3.05, 3.63) is 22.1 Å². The van der Waals surface area contributed by atoms with Gasteiger partial charge in [0, 0.05) is 32.9 Å². The van der Waals surface area contributed by atoms with Crippen LogP contribution in [0.4, 0.5) is 5.95 Å². The molecular weight excluding hydrogens is 180 g/mol. The third-order valence-corrected chi connectivity index (χ3v) is 1.72. The lowest BCUT2D eigenvalue weighted by molar-refractivity contribution is 0.641. The summed E-state index contributed by atoms with van der Waals surface area (Å²) in [5.41, 5.74) is 0.558. The molecule has 5 heteroatoms. The average molecular weight is 194 g/mol. The quantitative estimate of drug-likeness (QED) is 0.503. The molecule has 0 radical (unpaired) electrons. The highest BCUT2D eigenvalue weighted by molar-refractivity contribution is 5.57. The van der Waals surface area contributed by atoms with E-state index in [0.717, 1.165) is 0 Å². The molecule has 1 aromatic rings. The molecule has 0 aliphatic carbocycles. The van der Waals surface area contributed by atoms with E-state index in [1.54, 1.807) is 25.2 Å². The second-order valence-electron chi connectivity index (χ2n) is 3.31. The second-order valence-corrected chi connectivity index (χ2v) is 3.31. The van der Waals surface area contributed by atoms with Crippen molar-refractivity contribution in [3.8, 4) is 0 Å². The van der Waals surface area contributed by atoms with Crippen LogP contribution in [0.1, 0.15) is 5.56 Å². The van der Waals surface area contributed by atoms with Gasteiger partial charge in [0.2, 0.25) is 5.95 Å². The van der Waals surface area contributed by atoms with E-state index in [-0.39, 0.29) is 5.56 Å². The zero-order chi connectivity index (χ0) is 10.7. The number of hydrogen-bond donors (Lipinski definition) is 0. The lowest BCUT2D eigenvalue weighted by Gasteiger charge is -2.05. The monoisotopic (exact) mass is 194 g/mol. The third kappa shape index (κ3) is 2.18. The fraction of sp³-hybridized carbons (Fsp3) is 0.444. The Balaban J connectivity index is 3.12. The molecule has 14 heavy (non-hydrogen) atoms. The maximum Gasteiger partial charge on any atom is 0.257 e. The molecule has 1 rings (SSSR count). The smallest absolute Gasteiger partial charge is 0.257 e. The van der Waals surface area contributed by atoms with Crippen LogP contribution in [-0.4, -0.2) is 34.9 Å². The number of hydrogen-bond acceptors (Lipinski definition) is 3. The molecule has 0 aromatic carbocycles. The van der Waals surface area contributed by atoms with E-state index in [1.807, 2.05) is 14.1 Å². The van der Waals surface area contributed by atoms with Crippen LogP contribution in [0.15, 0.2) is 16.0 Å². The SMILES string of the molecule is Cc1cnc(N=CN(C)C)n(C)c1=O. The molecule has 0 unspecified atom stereocenters. The van der Waals surface area contributed by atoms with Gasteiger partial charge in [0.25, 0.3) is 5.56 Å². The minimum atomic E-state index is -0.0640. The summed E-state index contributed by atoms with van der Waals surface area (Å²) >= 11 is 0. The van der Waals surface area contributed by atoms with Crippen LogP contribution in [0.2, 0.25) is 0 Å². The molecule has 0 saturated heterocycles. The van der Waals surface area contributed by atoms with Crippen molar-refractivity contribution >= 4 is 12.3 Å². The van der Waals surface area contributed by atoms with Gasteiger partial charge in [0.05, 0.1) is 6.34 Å². The number of nitrogens with zero attached hydrogens (tertiary/aromatic N) is 4. The highest BCUT2D eigenvalue weighted by Gasteiger charge is 2.01. The van der Waals surface area contributed by atoms with E-state index in [4.69, 9.17) is 0 Å². The molecule has 1 aromatic heterocycles. The number of aromatic nitrogens is 2. The first-order chi connectivity index (χ1) is 6.52. The van der Waals surface area contributed by atoms with E-state index in [2.05, 4.69) is 9.98 Å². The summed E-state index contributed by atoms with van der Waals surface area (Å²) in [6.45, 7) is 1.73. The summed E-state index contributed by atoms with van der Waals surface area (Å²) in [7, 11) is 5.37. The first kappa shape index (κ1) is 10.4. The van der Waals surface area contributed by atoms with Crippen molar-refractivity contribution in [2.24, 2.45) is 12.0 Å². The van der Waals surface area contributed by atoms with Crippen molar-refractivity contribution in [3.63, 3.8) is 0 Å². The Morgan fingerprint density at radius 1 is 1.57 bits per heavy atom. The molecule has 0 amide bonds. The Hall–Kier alpha value is -1.65. The van der Waals surface area contributed by atoms with Gasteiger partial charge >= 0.3 is 0 Å². The minimum absolute atomic E-state index is 0.0640. The molecule has 0 atom stereocenters. The minimum Gasteiger partial charge on any atom is -0.369 e. The highest BCUT2D eigenvalue weighted by atomic mass is 16.1. The molecular formula is C9H14N4O. The van der Waals surface area contributed by atoms with Crippen LogP contribution < -0.4 is 5.56 Å². The van der Waals surface area contributed by atoms with Crippen molar-refractivity contribution < 1.29 is 0 Å². The maximum absolute atomic E-state index is 11.5. The van der Waals surface area contributed by atoms with E-state index >= 15 is 0 Å². The van der Waals surface area contributed by atoms with Gasteiger partial charge in [-0.2, -0.15) is 0 Å². The van der Waals surface area contributed by atoms with Crippen molar-refractivity contribution in [1.82, 2.24) is 14.5 Å². The van der Waals surface area contributed by atoms with Gasteiger partial charge in [0.15, 0.2) is 0 Å². The predicted molar refractivity (Wildman–Crippen MR) is 56.1 cm³/mol. The van der Waals surface area contributed by atoms with Crippen LogP contribution in [-0.2, 0) is 7.05 Å². The van der Waals surface area contributed by atoms with Gasteiger partial charge < -0.3 is 4.90 Å². The van der Waals surface area contributed by atoms with Gasteiger partial charge in [-0.25, -0.2) is 9.98 Å². The van der Waals surface area contributed by atoms with Crippen LogP contribution in [0.5, 0.6) is 0 Å². The predicted octanol–water partition coefficient (Wildman–Crippen LogP) is 0.310. The lowest BCUT2D eigenvalue weighted by Crippen LogP contribution is -2.20. The Morgan fingerprint density at radius 2 is 2.21 bits per heavy atom. The van der Waals surface area contributed by atoms with Crippen LogP contribution in [0, 0.1) is 6.92 Å². The standard InChI is InChI=1S/C9H14N4O/c1-7-5-10-9(11-6-12(2)3)13(4)8(7)14/h5-6H,1-4H3. The summed E-state index contributed by atoms with van der Waals surface area (Å²) in [4.78, 5) is 21.4. The largest absolute Gasteiger partial charge is 0.369 e. The van der Waals surface area contributed by atoms with Gasteiger partial charge in [0.1, 0.15) is 0 Å². The van der Waals surface area contributed by atoms with E-state index in [9.17, 15) is 4.79 Å². The van der Waals surface area contributed by atoms with E-state index < -0.39 is 0 Å². The maximum atomic E-state index is 11.5. The fourth-order valence-electron chi connectivity index (χ4n) is 0.939. The molecule has 0 N–H and O–H groups in total. The molecule has 0 fully saturated rings. The van der Waals surface area contributed by atoms with Crippen LogP contribution in [0.25, 0.3) is 0 Å². The first-order valence-electron chi connectivity index (χ1n) is 4.25. The van der Waals surface area contributed by atoms with Gasteiger partial charge in [-0.15, -0.1) is 0 Å². The molecule has 0 bridgehead atoms.